The number of hydrogen-bond donors (Lipinski definition) is 2. The van der Waals surface area contributed by atoms with E-state index < -0.39 is 0 Å². The molecule has 1 aromatic rings. The Morgan fingerprint density at radius 1 is 1.38 bits per heavy atom. The van der Waals surface area contributed by atoms with E-state index in [0.29, 0.717) is 6.61 Å². The Bertz CT molecular complexity index is 333. The summed E-state index contributed by atoms with van der Waals surface area (Å²) in [6.45, 7) is 2.41. The van der Waals surface area contributed by atoms with Gasteiger partial charge < -0.3 is 14.9 Å². The van der Waals surface area contributed by atoms with Gasteiger partial charge in [0.05, 0.1) is 12.7 Å². The van der Waals surface area contributed by atoms with E-state index in [4.69, 9.17) is 4.74 Å². The fourth-order valence-corrected chi connectivity index (χ4v) is 1.64. The molecule has 0 aromatic heterocycles. The van der Waals surface area contributed by atoms with Crippen LogP contribution >= 0.6 is 0 Å². The van der Waals surface area contributed by atoms with Gasteiger partial charge in [0.1, 0.15) is 11.5 Å². The largest absolute Gasteiger partial charge is 0.508 e. The van der Waals surface area contributed by atoms with Crippen molar-refractivity contribution in [1.29, 1.82) is 0 Å². The summed E-state index contributed by atoms with van der Waals surface area (Å²) in [5.74, 6) is 0.243. The van der Waals surface area contributed by atoms with Gasteiger partial charge in [0.2, 0.25) is 0 Å². The van der Waals surface area contributed by atoms with Gasteiger partial charge in [-0.15, -0.1) is 0 Å². The van der Waals surface area contributed by atoms with Crippen molar-refractivity contribution in [2.45, 2.75) is 26.1 Å². The molecule has 1 unspecified atom stereocenters. The number of ether oxygens (including phenoxy) is 1. The number of hydrogen-bond acceptors (Lipinski definition) is 3. The van der Waals surface area contributed by atoms with Crippen LogP contribution in [0.4, 0.5) is 0 Å². The first kappa shape index (κ1) is 8.38. The standard InChI is InChI=1S/C10H12O3/c1-6-2-7-3-8(11)4-10(12)9(7)5-13-6/h3-4,6,11-12H,2,5H2,1H3. The number of benzene rings is 1. The molecule has 0 saturated carbocycles. The normalized spacial score (nSPS) is 21.2. The van der Waals surface area contributed by atoms with Gasteiger partial charge in [-0.05, 0) is 25.0 Å². The molecule has 1 heterocycles. The molecule has 1 aliphatic heterocycles. The van der Waals surface area contributed by atoms with Crippen LogP contribution in [0, 0.1) is 0 Å². The van der Waals surface area contributed by atoms with Crippen LogP contribution in [-0.4, -0.2) is 16.3 Å². The zero-order chi connectivity index (χ0) is 9.42. The smallest absolute Gasteiger partial charge is 0.125 e. The minimum absolute atomic E-state index is 0.116. The average Bonchev–Trinajstić information content (AvgIpc) is 2.02. The SMILES string of the molecule is CC1Cc2cc(O)cc(O)c2CO1. The second-order valence-electron chi connectivity index (χ2n) is 3.43. The molecule has 0 saturated heterocycles. The number of fused-ring (bicyclic) bond motifs is 1. The maximum absolute atomic E-state index is 9.48. The van der Waals surface area contributed by atoms with Crippen LogP contribution in [0.5, 0.6) is 11.5 Å². The summed E-state index contributed by atoms with van der Waals surface area (Å²) in [5.41, 5.74) is 1.78. The lowest BCUT2D eigenvalue weighted by Gasteiger charge is -2.23. The number of aromatic hydroxyl groups is 2. The number of rotatable bonds is 0. The van der Waals surface area contributed by atoms with Crippen molar-refractivity contribution in [2.75, 3.05) is 0 Å². The predicted molar refractivity (Wildman–Crippen MR) is 47.7 cm³/mol. The lowest BCUT2D eigenvalue weighted by atomic mass is 9.98. The monoisotopic (exact) mass is 180 g/mol. The van der Waals surface area contributed by atoms with E-state index in [-0.39, 0.29) is 17.6 Å². The summed E-state index contributed by atoms with van der Waals surface area (Å²) in [4.78, 5) is 0. The van der Waals surface area contributed by atoms with Crippen molar-refractivity contribution >= 4 is 0 Å². The summed E-state index contributed by atoms with van der Waals surface area (Å²) in [5, 5.41) is 18.7. The summed E-state index contributed by atoms with van der Waals surface area (Å²) in [7, 11) is 0. The van der Waals surface area contributed by atoms with Gasteiger partial charge in [-0.25, -0.2) is 0 Å². The molecular formula is C10H12O3. The van der Waals surface area contributed by atoms with Gasteiger partial charge in [0.15, 0.2) is 0 Å². The summed E-state index contributed by atoms with van der Waals surface area (Å²) >= 11 is 0. The predicted octanol–water partition coefficient (Wildman–Crippen LogP) is 1.56. The number of phenolic OH excluding ortho intramolecular Hbond substituents is 2. The maximum Gasteiger partial charge on any atom is 0.125 e. The van der Waals surface area contributed by atoms with Crippen molar-refractivity contribution in [3.05, 3.63) is 23.3 Å². The van der Waals surface area contributed by atoms with Crippen LogP contribution in [0.25, 0.3) is 0 Å². The van der Waals surface area contributed by atoms with Gasteiger partial charge in [0.25, 0.3) is 0 Å². The topological polar surface area (TPSA) is 49.7 Å². The molecule has 0 spiro atoms. The lowest BCUT2D eigenvalue weighted by Crippen LogP contribution is -2.18. The van der Waals surface area contributed by atoms with Crippen molar-refractivity contribution in [3.63, 3.8) is 0 Å². The van der Waals surface area contributed by atoms with Crippen molar-refractivity contribution in [2.24, 2.45) is 0 Å². The molecule has 1 aromatic carbocycles. The third-order valence-corrected chi connectivity index (χ3v) is 2.32. The minimum Gasteiger partial charge on any atom is -0.508 e. The first-order valence-corrected chi connectivity index (χ1v) is 4.32. The van der Waals surface area contributed by atoms with Crippen LogP contribution in [0.2, 0.25) is 0 Å². The molecule has 2 N–H and O–H groups in total. The Hall–Kier alpha value is -1.22. The Morgan fingerprint density at radius 3 is 2.92 bits per heavy atom. The van der Waals surface area contributed by atoms with E-state index in [9.17, 15) is 10.2 Å². The highest BCUT2D eigenvalue weighted by atomic mass is 16.5. The molecule has 0 radical (unpaired) electrons. The Balaban J connectivity index is 2.47. The molecule has 0 fully saturated rings. The van der Waals surface area contributed by atoms with E-state index in [2.05, 4.69) is 0 Å². The van der Waals surface area contributed by atoms with E-state index >= 15 is 0 Å². The molecule has 3 heteroatoms. The molecule has 2 rings (SSSR count). The van der Waals surface area contributed by atoms with Crippen molar-refractivity contribution in [1.82, 2.24) is 0 Å². The second kappa shape index (κ2) is 2.92. The summed E-state index contributed by atoms with van der Waals surface area (Å²) < 4.78 is 5.38. The fourth-order valence-electron chi connectivity index (χ4n) is 1.64. The van der Waals surface area contributed by atoms with E-state index in [1.165, 1.54) is 6.07 Å². The van der Waals surface area contributed by atoms with Gasteiger partial charge in [0, 0.05) is 11.6 Å². The highest BCUT2D eigenvalue weighted by Crippen LogP contribution is 2.31. The van der Waals surface area contributed by atoms with Crippen LogP contribution in [0.15, 0.2) is 12.1 Å². The van der Waals surface area contributed by atoms with E-state index in [0.717, 1.165) is 17.5 Å². The van der Waals surface area contributed by atoms with Gasteiger partial charge >= 0.3 is 0 Å². The molecule has 1 aliphatic rings. The number of phenols is 2. The molecule has 70 valence electrons. The van der Waals surface area contributed by atoms with Crippen LogP contribution in [0.1, 0.15) is 18.1 Å². The Kier molecular flexibility index (Phi) is 1.88. The van der Waals surface area contributed by atoms with E-state index in [1.807, 2.05) is 6.92 Å². The quantitative estimate of drug-likeness (QED) is 0.637. The summed E-state index contributed by atoms with van der Waals surface area (Å²) in [6, 6.07) is 3.03. The maximum atomic E-state index is 9.48. The van der Waals surface area contributed by atoms with Crippen molar-refractivity contribution < 1.29 is 14.9 Å². The van der Waals surface area contributed by atoms with Crippen LogP contribution in [0.3, 0.4) is 0 Å². The molecule has 1 atom stereocenters. The molecule has 13 heavy (non-hydrogen) atoms. The first-order chi connectivity index (χ1) is 6.16. The average molecular weight is 180 g/mol. The molecule has 0 bridgehead atoms. The zero-order valence-electron chi connectivity index (χ0n) is 7.45. The first-order valence-electron chi connectivity index (χ1n) is 4.32. The molecule has 0 amide bonds. The highest BCUT2D eigenvalue weighted by molar-refractivity contribution is 5.45. The Labute approximate surface area is 76.6 Å². The van der Waals surface area contributed by atoms with Crippen LogP contribution in [-0.2, 0) is 17.8 Å². The lowest BCUT2D eigenvalue weighted by molar-refractivity contribution is 0.0396. The third-order valence-electron chi connectivity index (χ3n) is 2.32. The van der Waals surface area contributed by atoms with E-state index in [1.54, 1.807) is 6.07 Å². The molecular weight excluding hydrogens is 168 g/mol. The molecule has 3 nitrogen and oxygen atoms in total. The fraction of sp³-hybridized carbons (Fsp3) is 0.400. The van der Waals surface area contributed by atoms with Crippen LogP contribution < -0.4 is 0 Å². The van der Waals surface area contributed by atoms with Gasteiger partial charge in [-0.1, -0.05) is 0 Å². The minimum atomic E-state index is 0.116. The van der Waals surface area contributed by atoms with Gasteiger partial charge in [-0.2, -0.15) is 0 Å². The summed E-state index contributed by atoms with van der Waals surface area (Å²) in [6.07, 6.45) is 0.908. The van der Waals surface area contributed by atoms with Gasteiger partial charge in [-0.3, -0.25) is 0 Å². The van der Waals surface area contributed by atoms with Crippen molar-refractivity contribution in [3.8, 4) is 11.5 Å². The molecule has 0 aliphatic carbocycles. The second-order valence-corrected chi connectivity index (χ2v) is 3.43. The third kappa shape index (κ3) is 1.47. The zero-order valence-corrected chi connectivity index (χ0v) is 7.45. The Morgan fingerprint density at radius 2 is 2.15 bits per heavy atom. The highest BCUT2D eigenvalue weighted by Gasteiger charge is 2.18.